The maximum absolute atomic E-state index is 12.6. The highest BCUT2D eigenvalue weighted by Gasteiger charge is 2.46. The quantitative estimate of drug-likeness (QED) is 0.0300. The summed E-state index contributed by atoms with van der Waals surface area (Å²) in [5.41, 5.74) is 0. The van der Waals surface area contributed by atoms with Crippen molar-refractivity contribution < 1.29 is 56.8 Å². The van der Waals surface area contributed by atoms with E-state index in [1.807, 2.05) is 60.8 Å². The second-order valence-electron chi connectivity index (χ2n) is 11.9. The highest BCUT2D eigenvalue weighted by molar-refractivity contribution is 7.85. The lowest BCUT2D eigenvalue weighted by atomic mass is 10.00. The van der Waals surface area contributed by atoms with Crippen LogP contribution >= 0.6 is 0 Å². The van der Waals surface area contributed by atoms with Crippen LogP contribution in [-0.2, 0) is 38.7 Å². The minimum Gasteiger partial charge on any atom is -0.462 e. The minimum absolute atomic E-state index is 0.0587. The molecule has 0 saturated carbocycles. The number of allylic oxidation sites excluding steroid dienone is 12. The molecular formula is C37H58O12S. The first-order valence-electron chi connectivity index (χ1n) is 17.6. The summed E-state index contributed by atoms with van der Waals surface area (Å²) in [6, 6.07) is 0. The van der Waals surface area contributed by atoms with Gasteiger partial charge in [0.1, 0.15) is 36.8 Å². The van der Waals surface area contributed by atoms with Gasteiger partial charge < -0.3 is 34.3 Å². The lowest BCUT2D eigenvalue weighted by molar-refractivity contribution is -0.297. The van der Waals surface area contributed by atoms with E-state index in [1.165, 1.54) is 19.3 Å². The summed E-state index contributed by atoms with van der Waals surface area (Å²) in [5.74, 6) is -2.14. The topological polar surface area (TPSA) is 186 Å². The van der Waals surface area contributed by atoms with Crippen LogP contribution in [0.25, 0.3) is 0 Å². The van der Waals surface area contributed by atoms with Crippen LogP contribution in [0, 0.1) is 0 Å². The van der Waals surface area contributed by atoms with Crippen LogP contribution in [0.2, 0.25) is 0 Å². The molecule has 1 heterocycles. The van der Waals surface area contributed by atoms with Crippen molar-refractivity contribution in [1.29, 1.82) is 0 Å². The monoisotopic (exact) mass is 726 g/mol. The zero-order valence-electron chi connectivity index (χ0n) is 29.5. The Morgan fingerprint density at radius 3 is 1.90 bits per heavy atom. The molecule has 6 atom stereocenters. The Morgan fingerprint density at radius 1 is 0.700 bits per heavy atom. The van der Waals surface area contributed by atoms with E-state index in [0.717, 1.165) is 25.7 Å². The molecule has 0 bridgehead atoms. The molecule has 50 heavy (non-hydrogen) atoms. The molecule has 0 aliphatic carbocycles. The van der Waals surface area contributed by atoms with Crippen molar-refractivity contribution in [3.05, 3.63) is 72.9 Å². The smallest absolute Gasteiger partial charge is 0.306 e. The fourth-order valence-corrected chi connectivity index (χ4v) is 5.34. The summed E-state index contributed by atoms with van der Waals surface area (Å²) in [7, 11) is -4.61. The molecule has 0 radical (unpaired) electrons. The molecule has 0 aromatic carbocycles. The Labute approximate surface area is 298 Å². The van der Waals surface area contributed by atoms with Crippen molar-refractivity contribution in [3.63, 3.8) is 0 Å². The van der Waals surface area contributed by atoms with E-state index in [9.17, 15) is 37.9 Å². The fraction of sp³-hybridized carbons (Fsp3) is 0.622. The largest absolute Gasteiger partial charge is 0.462 e. The Hall–Kier alpha value is -2.91. The van der Waals surface area contributed by atoms with Gasteiger partial charge in [-0.25, -0.2) is 0 Å². The highest BCUT2D eigenvalue weighted by atomic mass is 32.2. The number of hydrogen-bond donors (Lipinski definition) is 4. The van der Waals surface area contributed by atoms with Gasteiger partial charge >= 0.3 is 11.9 Å². The van der Waals surface area contributed by atoms with E-state index >= 15 is 0 Å². The van der Waals surface area contributed by atoms with Crippen molar-refractivity contribution in [2.45, 2.75) is 128 Å². The van der Waals surface area contributed by atoms with Gasteiger partial charge in [-0.1, -0.05) is 106 Å². The van der Waals surface area contributed by atoms with E-state index in [0.29, 0.717) is 19.3 Å². The van der Waals surface area contributed by atoms with Crippen molar-refractivity contribution in [2.75, 3.05) is 19.0 Å². The number of unbranched alkanes of at least 4 members (excludes halogenated alkanes) is 6. The van der Waals surface area contributed by atoms with Crippen LogP contribution in [0.15, 0.2) is 72.9 Å². The number of rotatable bonds is 26. The van der Waals surface area contributed by atoms with Gasteiger partial charge in [-0.3, -0.25) is 14.1 Å². The Kier molecular flexibility index (Phi) is 25.1. The van der Waals surface area contributed by atoms with Gasteiger partial charge in [0.05, 0.1) is 6.61 Å². The molecule has 0 spiro atoms. The Balaban J connectivity index is 2.67. The van der Waals surface area contributed by atoms with Gasteiger partial charge in [0.15, 0.2) is 12.4 Å². The zero-order chi connectivity index (χ0) is 37.0. The fourth-order valence-electron chi connectivity index (χ4n) is 4.65. The molecule has 284 valence electrons. The normalized spacial score (nSPS) is 22.6. The molecule has 0 amide bonds. The predicted octanol–water partition coefficient (Wildman–Crippen LogP) is 5.21. The molecule has 1 aliphatic rings. The Bertz CT molecular complexity index is 1220. The molecule has 1 saturated heterocycles. The highest BCUT2D eigenvalue weighted by Crippen LogP contribution is 2.23. The van der Waals surface area contributed by atoms with Crippen molar-refractivity contribution >= 4 is 22.1 Å². The second-order valence-corrected chi connectivity index (χ2v) is 13.4. The zero-order valence-corrected chi connectivity index (χ0v) is 30.3. The predicted molar refractivity (Wildman–Crippen MR) is 191 cm³/mol. The number of aliphatic hydroxyl groups is 3. The third-order valence-electron chi connectivity index (χ3n) is 7.40. The summed E-state index contributed by atoms with van der Waals surface area (Å²) in [6.45, 7) is 3.42. The lowest BCUT2D eigenvalue weighted by Crippen LogP contribution is -2.60. The maximum Gasteiger partial charge on any atom is 0.306 e. The summed E-state index contributed by atoms with van der Waals surface area (Å²) >= 11 is 0. The Morgan fingerprint density at radius 2 is 1.28 bits per heavy atom. The lowest BCUT2D eigenvalue weighted by Gasteiger charge is -2.40. The SMILES string of the molecule is CC/C=C/C=C/C=C/C=C/C=C/CCCC(=O)OC(COC(=O)CCC/C=C/CCCCCC)CO[C@H]1O[C@H](CS(=O)(=O)O)[C@@H](O)C(O)C1O. The number of aliphatic hydroxyl groups excluding tert-OH is 3. The van der Waals surface area contributed by atoms with E-state index in [-0.39, 0.29) is 19.4 Å². The number of carbonyl (C=O) groups excluding carboxylic acids is 2. The van der Waals surface area contributed by atoms with Gasteiger partial charge in [-0.15, -0.1) is 0 Å². The molecule has 12 nitrogen and oxygen atoms in total. The van der Waals surface area contributed by atoms with Crippen LogP contribution < -0.4 is 0 Å². The van der Waals surface area contributed by atoms with E-state index in [4.69, 9.17) is 18.9 Å². The van der Waals surface area contributed by atoms with Crippen molar-refractivity contribution in [2.24, 2.45) is 0 Å². The van der Waals surface area contributed by atoms with Gasteiger partial charge in [0, 0.05) is 12.8 Å². The third kappa shape index (κ3) is 22.7. The molecule has 0 aromatic rings. The van der Waals surface area contributed by atoms with Crippen LogP contribution in [0.3, 0.4) is 0 Å². The van der Waals surface area contributed by atoms with Crippen molar-refractivity contribution in [1.82, 2.24) is 0 Å². The van der Waals surface area contributed by atoms with Crippen LogP contribution in [0.4, 0.5) is 0 Å². The van der Waals surface area contributed by atoms with Gasteiger partial charge in [0.2, 0.25) is 0 Å². The first kappa shape index (κ1) is 45.1. The van der Waals surface area contributed by atoms with Crippen LogP contribution in [-0.4, -0.2) is 96.0 Å². The number of ether oxygens (including phenoxy) is 4. The second kappa shape index (κ2) is 27.8. The number of carbonyl (C=O) groups is 2. The summed E-state index contributed by atoms with van der Waals surface area (Å²) in [6.07, 6.45) is 22.9. The first-order chi connectivity index (χ1) is 24.0. The molecule has 1 aliphatic heterocycles. The molecule has 3 unspecified atom stereocenters. The molecule has 4 N–H and O–H groups in total. The molecular weight excluding hydrogens is 668 g/mol. The summed E-state index contributed by atoms with van der Waals surface area (Å²) in [4.78, 5) is 25.0. The first-order valence-corrected chi connectivity index (χ1v) is 19.2. The van der Waals surface area contributed by atoms with Crippen LogP contribution in [0.5, 0.6) is 0 Å². The number of esters is 2. The standard InChI is InChI=1S/C37H58O12S/c1-3-5-7-9-11-13-14-15-16-18-20-22-24-26-33(39)48-30(27-46-32(38)25-23-21-19-17-12-10-8-6-4-2)28-47-37-36(42)35(41)34(40)31(49-37)29-50(43,44)45/h5,7,9,11,13-20,30-31,34-37,40-42H,3-4,6,8,10,12,21-29H2,1-2H3,(H,43,44,45)/b7-5+,11-9+,14-13+,16-15+,19-17+,20-18+/t30?,31-,34-,35?,36?,37+/m1/s1. The van der Waals surface area contributed by atoms with Crippen LogP contribution in [0.1, 0.15) is 90.9 Å². The molecule has 0 aromatic heterocycles. The molecule has 13 heteroatoms. The maximum atomic E-state index is 12.6. The number of hydrogen-bond acceptors (Lipinski definition) is 11. The molecule has 1 rings (SSSR count). The molecule has 1 fully saturated rings. The van der Waals surface area contributed by atoms with Gasteiger partial charge in [-0.2, -0.15) is 8.42 Å². The average Bonchev–Trinajstić information content (AvgIpc) is 3.07. The van der Waals surface area contributed by atoms with E-state index in [1.54, 1.807) is 0 Å². The average molecular weight is 727 g/mol. The van der Waals surface area contributed by atoms with Crippen molar-refractivity contribution in [3.8, 4) is 0 Å². The van der Waals surface area contributed by atoms with E-state index in [2.05, 4.69) is 26.0 Å². The van der Waals surface area contributed by atoms with Gasteiger partial charge in [-0.05, 0) is 44.9 Å². The summed E-state index contributed by atoms with van der Waals surface area (Å²) < 4.78 is 53.5. The van der Waals surface area contributed by atoms with E-state index < -0.39 is 71.2 Å². The third-order valence-corrected chi connectivity index (χ3v) is 8.15. The summed E-state index contributed by atoms with van der Waals surface area (Å²) in [5, 5.41) is 30.6. The minimum atomic E-state index is -4.61. The van der Waals surface area contributed by atoms with Gasteiger partial charge in [0.25, 0.3) is 10.1 Å².